The lowest BCUT2D eigenvalue weighted by Crippen LogP contribution is -2.29. The van der Waals surface area contributed by atoms with Crippen LogP contribution in [0.2, 0.25) is 0 Å². The Balaban J connectivity index is 3.78. The summed E-state index contributed by atoms with van der Waals surface area (Å²) in [4.78, 5) is 35.0. The van der Waals surface area contributed by atoms with E-state index in [-0.39, 0.29) is 38.6 Å². The van der Waals surface area contributed by atoms with Crippen molar-refractivity contribution in [1.82, 2.24) is 0 Å². The molecule has 0 saturated heterocycles. The van der Waals surface area contributed by atoms with Gasteiger partial charge in [0.25, 0.3) is 0 Å². The number of hydrogen-bond acceptors (Lipinski definition) is 8. The number of nitrogens with two attached hydrogens (primary N) is 1. The second-order valence-electron chi connectivity index (χ2n) is 19.1. The molecule has 2 unspecified atom stereocenters. The maximum Gasteiger partial charge on any atom is 0.472 e. The molecule has 0 aromatic carbocycles. The summed E-state index contributed by atoms with van der Waals surface area (Å²) in [5.74, 6) is -0.817. The molecule has 0 amide bonds. The Morgan fingerprint density at radius 2 is 0.797 bits per heavy atom. The molecule has 69 heavy (non-hydrogen) atoms. The summed E-state index contributed by atoms with van der Waals surface area (Å²) in [6, 6.07) is 0. The van der Waals surface area contributed by atoms with Crippen molar-refractivity contribution >= 4 is 19.8 Å². The summed E-state index contributed by atoms with van der Waals surface area (Å²) in [6.45, 7) is 3.64. The number of ether oxygens (including phenoxy) is 2. The lowest BCUT2D eigenvalue weighted by Gasteiger charge is -2.19. The van der Waals surface area contributed by atoms with Crippen LogP contribution in [0, 0.1) is 0 Å². The second kappa shape index (κ2) is 55.0. The predicted molar refractivity (Wildman–Crippen MR) is 293 cm³/mol. The van der Waals surface area contributed by atoms with E-state index in [0.717, 1.165) is 64.2 Å². The molecule has 0 aliphatic heterocycles. The first-order chi connectivity index (χ1) is 33.8. The zero-order valence-electron chi connectivity index (χ0n) is 44.8. The fourth-order valence-electron chi connectivity index (χ4n) is 8.19. The van der Waals surface area contributed by atoms with E-state index in [1.54, 1.807) is 0 Å². The molecule has 0 radical (unpaired) electrons. The summed E-state index contributed by atoms with van der Waals surface area (Å²) in [5.41, 5.74) is 5.37. The van der Waals surface area contributed by atoms with E-state index in [1.807, 2.05) is 0 Å². The topological polar surface area (TPSA) is 134 Å². The Labute approximate surface area is 425 Å². The minimum absolute atomic E-state index is 0.0550. The molecule has 0 bridgehead atoms. The van der Waals surface area contributed by atoms with Crippen LogP contribution in [0.3, 0.4) is 0 Å². The minimum atomic E-state index is -4.38. The van der Waals surface area contributed by atoms with Gasteiger partial charge in [0, 0.05) is 19.4 Å². The van der Waals surface area contributed by atoms with Gasteiger partial charge in [0.05, 0.1) is 13.2 Å². The number of carbonyl (C=O) groups is 2. The van der Waals surface area contributed by atoms with Crippen LogP contribution in [0.25, 0.3) is 0 Å². The summed E-state index contributed by atoms with van der Waals surface area (Å²) in [6.07, 6.45) is 68.7. The molecule has 0 heterocycles. The monoisotopic (exact) mass is 990 g/mol. The number of esters is 2. The van der Waals surface area contributed by atoms with E-state index in [0.29, 0.717) is 6.42 Å². The first kappa shape index (κ1) is 66.7. The number of carbonyl (C=O) groups excluding carboxylic acids is 2. The zero-order chi connectivity index (χ0) is 50.2. The van der Waals surface area contributed by atoms with Crippen LogP contribution in [0.1, 0.15) is 271 Å². The highest BCUT2D eigenvalue weighted by molar-refractivity contribution is 7.47. The van der Waals surface area contributed by atoms with Gasteiger partial charge in [-0.1, -0.05) is 261 Å². The van der Waals surface area contributed by atoms with Gasteiger partial charge in [0.2, 0.25) is 0 Å². The average Bonchev–Trinajstić information content (AvgIpc) is 3.34. The van der Waals surface area contributed by atoms with Crippen molar-refractivity contribution in [2.75, 3.05) is 26.4 Å². The van der Waals surface area contributed by atoms with E-state index in [2.05, 4.69) is 74.6 Å². The number of hydrogen-bond donors (Lipinski definition) is 2. The summed E-state index contributed by atoms with van der Waals surface area (Å²) < 4.78 is 32.9. The molecule has 0 aromatic heterocycles. The maximum absolute atomic E-state index is 12.7. The molecule has 0 fully saturated rings. The minimum Gasteiger partial charge on any atom is -0.462 e. The highest BCUT2D eigenvalue weighted by Gasteiger charge is 2.26. The number of phosphoric acid groups is 1. The normalized spacial score (nSPS) is 13.5. The molecule has 3 N–H and O–H groups in total. The Bertz CT molecular complexity index is 1310. The van der Waals surface area contributed by atoms with E-state index in [4.69, 9.17) is 24.3 Å². The average molecular weight is 990 g/mol. The van der Waals surface area contributed by atoms with E-state index in [1.165, 1.54) is 173 Å². The van der Waals surface area contributed by atoms with Crippen molar-refractivity contribution in [2.45, 2.75) is 277 Å². The van der Waals surface area contributed by atoms with Crippen molar-refractivity contribution in [2.24, 2.45) is 5.73 Å². The lowest BCUT2D eigenvalue weighted by atomic mass is 10.0. The molecule has 10 heteroatoms. The quantitative estimate of drug-likeness (QED) is 0.0264. The van der Waals surface area contributed by atoms with Gasteiger partial charge in [-0.05, 0) is 57.8 Å². The molecule has 0 aromatic rings. The smallest absolute Gasteiger partial charge is 0.462 e. The second-order valence-corrected chi connectivity index (χ2v) is 20.6. The third-order valence-corrected chi connectivity index (χ3v) is 13.4. The molecular weight excluding hydrogens is 882 g/mol. The number of allylic oxidation sites excluding steroid dienone is 10. The van der Waals surface area contributed by atoms with Gasteiger partial charge in [0.15, 0.2) is 6.10 Å². The molecule has 0 spiro atoms. The number of unbranched alkanes of at least 4 members (excludes halogenated alkanes) is 31. The fourth-order valence-corrected chi connectivity index (χ4v) is 8.96. The predicted octanol–water partition coefficient (Wildman–Crippen LogP) is 18.0. The Morgan fingerprint density at radius 1 is 0.449 bits per heavy atom. The van der Waals surface area contributed by atoms with Crippen LogP contribution >= 0.6 is 7.82 Å². The SMILES string of the molecule is CC/C=C\C/C=C\C/C=C\C/C=C\C/C=C\CCCCCCCCCCCCCCCCCCCCCCCC(=O)OC(COC(=O)CCCCCCCCCCCCC)COP(=O)(O)OCCN. The molecule has 0 aliphatic rings. The van der Waals surface area contributed by atoms with E-state index < -0.39 is 26.5 Å². The van der Waals surface area contributed by atoms with Crippen LogP contribution < -0.4 is 5.73 Å². The molecule has 0 saturated carbocycles. The Morgan fingerprint density at radius 3 is 1.19 bits per heavy atom. The van der Waals surface area contributed by atoms with E-state index >= 15 is 0 Å². The largest absolute Gasteiger partial charge is 0.472 e. The molecule has 2 atom stereocenters. The Hall–Kier alpha value is -2.29. The number of phosphoric ester groups is 1. The van der Waals surface area contributed by atoms with Gasteiger partial charge in [-0.3, -0.25) is 18.6 Å². The molecular formula is C59H108NO8P. The van der Waals surface area contributed by atoms with Gasteiger partial charge in [-0.2, -0.15) is 0 Å². The lowest BCUT2D eigenvalue weighted by molar-refractivity contribution is -0.161. The summed E-state index contributed by atoms with van der Waals surface area (Å²) in [7, 11) is -4.38. The van der Waals surface area contributed by atoms with Crippen LogP contribution in [-0.4, -0.2) is 49.3 Å². The first-order valence-corrected chi connectivity index (χ1v) is 30.3. The van der Waals surface area contributed by atoms with Gasteiger partial charge in [-0.15, -0.1) is 0 Å². The molecule has 402 valence electrons. The van der Waals surface area contributed by atoms with Crippen LogP contribution in [0.5, 0.6) is 0 Å². The maximum atomic E-state index is 12.7. The standard InChI is InChI=1S/C59H108NO8P/c1-3-5-7-9-11-13-15-16-17-18-19-20-21-22-23-24-25-26-27-28-29-30-31-32-33-34-35-36-37-38-39-40-42-44-46-48-50-52-59(62)68-57(56-67-69(63,64)66-54-53-60)55-65-58(61)51-49-47-45-43-41-14-12-10-8-6-4-2/h5,7,11,13,16-17,19-20,22-23,57H,3-4,6,8-10,12,14-15,18,21,24-56,60H2,1-2H3,(H,63,64)/b7-5-,13-11-,17-16-,20-19-,23-22-. The van der Waals surface area contributed by atoms with Crippen molar-refractivity contribution in [3.63, 3.8) is 0 Å². The van der Waals surface area contributed by atoms with Gasteiger partial charge >= 0.3 is 19.8 Å². The summed E-state index contributed by atoms with van der Waals surface area (Å²) in [5, 5.41) is 0. The Kier molecular flexibility index (Phi) is 53.2. The summed E-state index contributed by atoms with van der Waals surface area (Å²) >= 11 is 0. The molecule has 0 aliphatic carbocycles. The van der Waals surface area contributed by atoms with Crippen LogP contribution in [0.15, 0.2) is 60.8 Å². The third-order valence-electron chi connectivity index (χ3n) is 12.4. The van der Waals surface area contributed by atoms with Gasteiger partial charge in [0.1, 0.15) is 6.61 Å². The van der Waals surface area contributed by atoms with Crippen LogP contribution in [0.4, 0.5) is 0 Å². The first-order valence-electron chi connectivity index (χ1n) is 28.8. The van der Waals surface area contributed by atoms with Crippen LogP contribution in [-0.2, 0) is 32.7 Å². The molecule has 9 nitrogen and oxygen atoms in total. The van der Waals surface area contributed by atoms with Crippen molar-refractivity contribution in [3.8, 4) is 0 Å². The van der Waals surface area contributed by atoms with Crippen molar-refractivity contribution in [1.29, 1.82) is 0 Å². The third kappa shape index (κ3) is 54.9. The van der Waals surface area contributed by atoms with Crippen molar-refractivity contribution < 1.29 is 37.6 Å². The highest BCUT2D eigenvalue weighted by Crippen LogP contribution is 2.43. The van der Waals surface area contributed by atoms with Gasteiger partial charge < -0.3 is 20.1 Å². The highest BCUT2D eigenvalue weighted by atomic mass is 31.2. The van der Waals surface area contributed by atoms with Crippen molar-refractivity contribution in [3.05, 3.63) is 60.8 Å². The molecule has 0 rings (SSSR count). The van der Waals surface area contributed by atoms with Gasteiger partial charge in [-0.25, -0.2) is 4.57 Å². The zero-order valence-corrected chi connectivity index (χ0v) is 45.7. The van der Waals surface area contributed by atoms with E-state index in [9.17, 15) is 19.0 Å². The number of rotatable bonds is 54. The fraction of sp³-hybridized carbons (Fsp3) is 0.797.